The van der Waals surface area contributed by atoms with Crippen molar-refractivity contribution in [2.24, 2.45) is 5.92 Å². The maximum Gasteiger partial charge on any atom is 0.338 e. The number of cyclic esters (lactones) is 1. The molecule has 0 bridgehead atoms. The van der Waals surface area contributed by atoms with Crippen molar-refractivity contribution in [3.8, 4) is 0 Å². The number of ether oxygens (including phenoxy) is 3. The van der Waals surface area contributed by atoms with Gasteiger partial charge in [0.2, 0.25) is 0 Å². The Labute approximate surface area is 132 Å². The van der Waals surface area contributed by atoms with Crippen LogP contribution in [0.5, 0.6) is 0 Å². The lowest BCUT2D eigenvalue weighted by Crippen LogP contribution is -2.14. The minimum Gasteiger partial charge on any atom is -0.458 e. The Kier molecular flexibility index (Phi) is 3.02. The molecule has 118 valence electrons. The maximum absolute atomic E-state index is 12.1. The summed E-state index contributed by atoms with van der Waals surface area (Å²) < 4.78 is 15.7. The fourth-order valence-electron chi connectivity index (χ4n) is 3.22. The number of fused-ring (bicyclic) bond motifs is 3. The molecule has 6 heteroatoms. The van der Waals surface area contributed by atoms with Gasteiger partial charge in [0.25, 0.3) is 6.29 Å². The van der Waals surface area contributed by atoms with Gasteiger partial charge in [-0.1, -0.05) is 24.3 Å². The zero-order chi connectivity index (χ0) is 16.1. The molecule has 0 amide bonds. The number of hydrogen-bond acceptors (Lipinski definition) is 6. The third-order valence-electron chi connectivity index (χ3n) is 4.38. The lowest BCUT2D eigenvalue weighted by atomic mass is 9.95. The minimum atomic E-state index is -0.859. The Hall–Kier alpha value is -2.60. The SMILES string of the molecule is CC1=CC(O/C=C2\C(=O)O[C@@H]3c4ccccc4[C@@H](O)[C@H]23)OC1=O. The van der Waals surface area contributed by atoms with Gasteiger partial charge >= 0.3 is 11.9 Å². The molecule has 1 unspecified atom stereocenters. The van der Waals surface area contributed by atoms with Crippen LogP contribution in [-0.2, 0) is 23.8 Å². The maximum atomic E-state index is 12.1. The van der Waals surface area contributed by atoms with Gasteiger partial charge in [-0.25, -0.2) is 9.59 Å². The third kappa shape index (κ3) is 2.06. The van der Waals surface area contributed by atoms with Crippen molar-refractivity contribution < 1.29 is 28.9 Å². The van der Waals surface area contributed by atoms with Crippen LogP contribution in [0, 0.1) is 5.92 Å². The van der Waals surface area contributed by atoms with E-state index in [1.807, 2.05) is 24.3 Å². The highest BCUT2D eigenvalue weighted by Crippen LogP contribution is 2.53. The first-order valence-electron chi connectivity index (χ1n) is 7.29. The number of benzene rings is 1. The smallest absolute Gasteiger partial charge is 0.338 e. The van der Waals surface area contributed by atoms with E-state index in [-0.39, 0.29) is 5.57 Å². The summed E-state index contributed by atoms with van der Waals surface area (Å²) in [5, 5.41) is 10.5. The van der Waals surface area contributed by atoms with E-state index in [9.17, 15) is 14.7 Å². The van der Waals surface area contributed by atoms with Crippen LogP contribution in [0.15, 0.2) is 47.7 Å². The molecule has 1 aromatic carbocycles. The van der Waals surface area contributed by atoms with Crippen molar-refractivity contribution in [3.05, 3.63) is 58.9 Å². The van der Waals surface area contributed by atoms with Gasteiger partial charge < -0.3 is 19.3 Å². The zero-order valence-corrected chi connectivity index (χ0v) is 12.3. The Balaban J connectivity index is 1.60. The summed E-state index contributed by atoms with van der Waals surface area (Å²) in [7, 11) is 0. The highest BCUT2D eigenvalue weighted by atomic mass is 16.7. The van der Waals surface area contributed by atoms with E-state index in [2.05, 4.69) is 0 Å². The molecule has 0 radical (unpaired) electrons. The number of hydrogen-bond donors (Lipinski definition) is 1. The summed E-state index contributed by atoms with van der Waals surface area (Å²) in [6.07, 6.45) is 0.558. The first kappa shape index (κ1) is 14.0. The van der Waals surface area contributed by atoms with Crippen molar-refractivity contribution in [2.45, 2.75) is 25.4 Å². The zero-order valence-electron chi connectivity index (χ0n) is 12.3. The topological polar surface area (TPSA) is 82.1 Å². The van der Waals surface area contributed by atoms with Crippen molar-refractivity contribution >= 4 is 11.9 Å². The van der Waals surface area contributed by atoms with Crippen LogP contribution in [0.1, 0.15) is 30.3 Å². The Morgan fingerprint density at radius 3 is 2.57 bits per heavy atom. The second-order valence-electron chi connectivity index (χ2n) is 5.76. The summed E-state index contributed by atoms with van der Waals surface area (Å²) >= 11 is 0. The Morgan fingerprint density at radius 2 is 1.87 bits per heavy atom. The third-order valence-corrected chi connectivity index (χ3v) is 4.38. The molecule has 23 heavy (non-hydrogen) atoms. The second kappa shape index (κ2) is 4.96. The van der Waals surface area contributed by atoms with Crippen LogP contribution >= 0.6 is 0 Å². The Morgan fingerprint density at radius 1 is 1.13 bits per heavy atom. The first-order valence-corrected chi connectivity index (χ1v) is 7.29. The summed E-state index contributed by atoms with van der Waals surface area (Å²) in [6.45, 7) is 1.62. The summed E-state index contributed by atoms with van der Waals surface area (Å²) in [4.78, 5) is 23.4. The molecule has 0 aromatic heterocycles. The van der Waals surface area contributed by atoms with Gasteiger partial charge in [0.1, 0.15) is 6.10 Å². The molecule has 4 rings (SSSR count). The van der Waals surface area contributed by atoms with Crippen molar-refractivity contribution in [1.29, 1.82) is 0 Å². The monoisotopic (exact) mass is 314 g/mol. The van der Waals surface area contributed by atoms with Crippen LogP contribution in [0.3, 0.4) is 0 Å². The Bertz CT molecular complexity index is 762. The van der Waals surface area contributed by atoms with Crippen LogP contribution in [0.2, 0.25) is 0 Å². The number of esters is 2. The van der Waals surface area contributed by atoms with E-state index in [0.717, 1.165) is 11.1 Å². The molecule has 1 aliphatic carbocycles. The van der Waals surface area contributed by atoms with Gasteiger partial charge in [-0.15, -0.1) is 0 Å². The van der Waals surface area contributed by atoms with E-state index in [0.29, 0.717) is 5.57 Å². The van der Waals surface area contributed by atoms with Gasteiger partial charge in [0.15, 0.2) is 0 Å². The molecule has 2 aliphatic heterocycles. The number of rotatable bonds is 2. The minimum absolute atomic E-state index is 0.243. The second-order valence-corrected chi connectivity index (χ2v) is 5.76. The van der Waals surface area contributed by atoms with Crippen molar-refractivity contribution in [1.82, 2.24) is 0 Å². The van der Waals surface area contributed by atoms with Gasteiger partial charge in [0, 0.05) is 11.6 Å². The lowest BCUT2D eigenvalue weighted by Gasteiger charge is -2.13. The molecule has 3 aliphatic rings. The van der Waals surface area contributed by atoms with Crippen molar-refractivity contribution in [2.75, 3.05) is 0 Å². The molecule has 1 fully saturated rings. The number of aliphatic hydroxyl groups excluding tert-OH is 1. The predicted molar refractivity (Wildman–Crippen MR) is 76.5 cm³/mol. The molecule has 6 nitrogen and oxygen atoms in total. The van der Waals surface area contributed by atoms with Gasteiger partial charge in [0.05, 0.1) is 23.9 Å². The van der Waals surface area contributed by atoms with Crippen molar-refractivity contribution in [3.63, 3.8) is 0 Å². The van der Waals surface area contributed by atoms with E-state index in [1.165, 1.54) is 12.3 Å². The predicted octanol–water partition coefficient (Wildman–Crippen LogP) is 1.68. The number of aliphatic hydroxyl groups is 1. The molecule has 1 N–H and O–H groups in total. The van der Waals surface area contributed by atoms with Gasteiger partial charge in [-0.2, -0.15) is 0 Å². The normalized spacial score (nSPS) is 33.1. The van der Waals surface area contributed by atoms with Gasteiger partial charge in [-0.05, 0) is 18.1 Å². The summed E-state index contributed by atoms with van der Waals surface area (Å²) in [6, 6.07) is 7.32. The van der Waals surface area contributed by atoms with E-state index in [1.54, 1.807) is 6.92 Å². The molecule has 1 aromatic rings. The number of carbonyl (C=O) groups is 2. The molecule has 2 heterocycles. The molecule has 0 saturated carbocycles. The van der Waals surface area contributed by atoms with Gasteiger partial charge in [-0.3, -0.25) is 0 Å². The lowest BCUT2D eigenvalue weighted by molar-refractivity contribution is -0.152. The van der Waals surface area contributed by atoms with E-state index in [4.69, 9.17) is 14.2 Å². The fraction of sp³-hybridized carbons (Fsp3) is 0.294. The molecule has 0 spiro atoms. The van der Waals surface area contributed by atoms with Crippen LogP contribution in [0.4, 0.5) is 0 Å². The highest BCUT2D eigenvalue weighted by molar-refractivity contribution is 5.92. The average molecular weight is 314 g/mol. The summed E-state index contributed by atoms with van der Waals surface area (Å²) in [5.74, 6) is -1.49. The first-order chi connectivity index (χ1) is 11.1. The molecule has 1 saturated heterocycles. The standard InChI is InChI=1S/C17H14O6/c1-8-6-12(22-16(8)19)21-7-11-13-14(18)9-4-2-3-5-10(9)15(13)23-17(11)20/h2-7,12-15,18H,1H3/b11-7-/t12?,13-,14+,15+/m0/s1. The van der Waals surface area contributed by atoms with Crippen LogP contribution in [0.25, 0.3) is 0 Å². The largest absolute Gasteiger partial charge is 0.458 e. The average Bonchev–Trinajstić information content (AvgIpc) is 3.12. The van der Waals surface area contributed by atoms with Crippen LogP contribution < -0.4 is 0 Å². The number of carbonyl (C=O) groups excluding carboxylic acids is 2. The van der Waals surface area contributed by atoms with E-state index >= 15 is 0 Å². The fourth-order valence-corrected chi connectivity index (χ4v) is 3.22. The molecular formula is C17H14O6. The van der Waals surface area contributed by atoms with E-state index < -0.39 is 36.4 Å². The highest BCUT2D eigenvalue weighted by Gasteiger charge is 2.51. The molecular weight excluding hydrogens is 300 g/mol. The van der Waals surface area contributed by atoms with Crippen LogP contribution in [-0.4, -0.2) is 23.3 Å². The summed E-state index contributed by atoms with van der Waals surface area (Å²) in [5.41, 5.74) is 2.26. The quantitative estimate of drug-likeness (QED) is 0.508. The molecule has 4 atom stereocenters.